The molecule has 0 spiro atoms. The lowest BCUT2D eigenvalue weighted by molar-refractivity contribution is 0.339. The highest BCUT2D eigenvalue weighted by Gasteiger charge is 2.19. The number of hydrogen-bond acceptors (Lipinski definition) is 7. The van der Waals surface area contributed by atoms with Gasteiger partial charge in [-0.25, -0.2) is 4.98 Å². The molecule has 1 atom stereocenters. The minimum atomic E-state index is -1.25. The average molecular weight is 444 g/mol. The summed E-state index contributed by atoms with van der Waals surface area (Å²) in [6.07, 6.45) is 0.916. The zero-order chi connectivity index (χ0) is 21.8. The molecule has 2 heterocycles. The van der Waals surface area contributed by atoms with Crippen molar-refractivity contribution >= 4 is 16.6 Å². The fourth-order valence-corrected chi connectivity index (χ4v) is 4.35. The lowest BCUT2D eigenvalue weighted by Gasteiger charge is -2.13. The highest BCUT2D eigenvalue weighted by atomic mass is 32.2. The van der Waals surface area contributed by atoms with E-state index in [0.29, 0.717) is 33.6 Å². The van der Waals surface area contributed by atoms with Gasteiger partial charge in [0.05, 0.1) is 49.1 Å². The molecule has 1 aliphatic rings. The van der Waals surface area contributed by atoms with E-state index >= 15 is 0 Å². The second kappa shape index (κ2) is 9.30. The number of anilines is 1. The van der Waals surface area contributed by atoms with E-state index in [2.05, 4.69) is 15.3 Å². The van der Waals surface area contributed by atoms with Crippen LogP contribution in [0.25, 0.3) is 11.4 Å². The molecule has 2 aromatic carbocycles. The van der Waals surface area contributed by atoms with Gasteiger partial charge in [-0.3, -0.25) is 4.21 Å². The first kappa shape index (κ1) is 21.0. The molecule has 1 unspecified atom stereocenters. The molecule has 4 rings (SSSR count). The van der Waals surface area contributed by atoms with Crippen molar-refractivity contribution in [2.45, 2.75) is 11.3 Å². The Morgan fingerprint density at radius 3 is 2.58 bits per heavy atom. The lowest BCUT2D eigenvalue weighted by atomic mass is 10.2. The molecule has 0 amide bonds. The number of H-pyrrole nitrogens is 1. The molecule has 0 bridgehead atoms. The van der Waals surface area contributed by atoms with Crippen LogP contribution in [0.2, 0.25) is 0 Å². The van der Waals surface area contributed by atoms with Crippen LogP contribution in [0.15, 0.2) is 41.3 Å². The summed E-state index contributed by atoms with van der Waals surface area (Å²) < 4.78 is 34.7. The molecular weight excluding hydrogens is 418 g/mol. The summed E-state index contributed by atoms with van der Waals surface area (Å²) in [6.45, 7) is 1.15. The monoisotopic (exact) mass is 443 g/mol. The predicted molar refractivity (Wildman–Crippen MR) is 119 cm³/mol. The van der Waals surface area contributed by atoms with Crippen molar-refractivity contribution in [3.8, 4) is 34.4 Å². The summed E-state index contributed by atoms with van der Waals surface area (Å²) in [5.74, 6) is 4.38. The van der Waals surface area contributed by atoms with Gasteiger partial charge in [0.25, 0.3) is 0 Å². The molecule has 0 saturated carbocycles. The highest BCUT2D eigenvalue weighted by Crippen LogP contribution is 2.34. The van der Waals surface area contributed by atoms with Crippen LogP contribution in [0, 0.1) is 0 Å². The molecule has 9 heteroatoms. The maximum absolute atomic E-state index is 12.8. The Morgan fingerprint density at radius 2 is 1.84 bits per heavy atom. The topological polar surface area (TPSA) is 94.7 Å². The molecule has 0 aliphatic carbocycles. The largest absolute Gasteiger partial charge is 0.497 e. The van der Waals surface area contributed by atoms with Crippen LogP contribution in [0.3, 0.4) is 0 Å². The predicted octanol–water partition coefficient (Wildman–Crippen LogP) is 3.26. The minimum Gasteiger partial charge on any atom is -0.497 e. The molecule has 8 nitrogen and oxygen atoms in total. The fourth-order valence-electron chi connectivity index (χ4n) is 3.42. The third-order valence-electron chi connectivity index (χ3n) is 5.03. The summed E-state index contributed by atoms with van der Waals surface area (Å²) >= 11 is 0. The number of nitrogens with zero attached hydrogens (tertiary/aromatic N) is 1. The number of fused-ring (bicyclic) bond motifs is 1. The van der Waals surface area contributed by atoms with Crippen LogP contribution in [0.5, 0.6) is 23.0 Å². The number of imidazole rings is 1. The number of hydrogen-bond donors (Lipinski definition) is 2. The number of nitrogens with one attached hydrogen (secondary N) is 2. The molecule has 0 saturated heterocycles. The second-order valence-electron chi connectivity index (χ2n) is 6.87. The zero-order valence-electron chi connectivity index (χ0n) is 17.7. The van der Waals surface area contributed by atoms with Gasteiger partial charge in [-0.2, -0.15) is 0 Å². The fraction of sp³-hybridized carbons (Fsp3) is 0.318. The third-order valence-corrected chi connectivity index (χ3v) is 6.35. The van der Waals surface area contributed by atoms with Crippen molar-refractivity contribution < 1.29 is 23.2 Å². The summed E-state index contributed by atoms with van der Waals surface area (Å²) in [4.78, 5) is 8.64. The lowest BCUT2D eigenvalue weighted by Crippen LogP contribution is -2.10. The van der Waals surface area contributed by atoms with E-state index in [-0.39, 0.29) is 6.61 Å². The number of rotatable bonds is 9. The first-order valence-electron chi connectivity index (χ1n) is 9.87. The van der Waals surface area contributed by atoms with Gasteiger partial charge >= 0.3 is 0 Å². The molecule has 1 aliphatic heterocycles. The van der Waals surface area contributed by atoms with Crippen molar-refractivity contribution in [1.29, 1.82) is 0 Å². The Bertz CT molecular complexity index is 1080. The molecule has 0 fully saturated rings. The molecular formula is C22H25N3O5S. The van der Waals surface area contributed by atoms with Crippen LogP contribution in [-0.4, -0.2) is 54.4 Å². The van der Waals surface area contributed by atoms with E-state index in [4.69, 9.17) is 18.9 Å². The van der Waals surface area contributed by atoms with Gasteiger partial charge < -0.3 is 29.2 Å². The maximum Gasteiger partial charge on any atom is 0.161 e. The van der Waals surface area contributed by atoms with Gasteiger partial charge in [-0.1, -0.05) is 0 Å². The van der Waals surface area contributed by atoms with Gasteiger partial charge in [0.1, 0.15) is 29.7 Å². The van der Waals surface area contributed by atoms with Crippen molar-refractivity contribution in [2.24, 2.45) is 0 Å². The Hall–Kier alpha value is -3.20. The van der Waals surface area contributed by atoms with E-state index < -0.39 is 10.8 Å². The van der Waals surface area contributed by atoms with Gasteiger partial charge in [0, 0.05) is 30.0 Å². The molecule has 31 heavy (non-hydrogen) atoms. The summed E-state index contributed by atoms with van der Waals surface area (Å²) in [5, 5.41) is 3.26. The van der Waals surface area contributed by atoms with Crippen molar-refractivity contribution in [1.82, 2.24) is 9.97 Å². The smallest absolute Gasteiger partial charge is 0.161 e. The molecule has 3 aromatic rings. The van der Waals surface area contributed by atoms with E-state index in [1.165, 1.54) is 0 Å². The number of ether oxygens (including phenoxy) is 4. The highest BCUT2D eigenvalue weighted by molar-refractivity contribution is 7.85. The Morgan fingerprint density at radius 1 is 1.00 bits per heavy atom. The van der Waals surface area contributed by atoms with Gasteiger partial charge in [-0.15, -0.1) is 0 Å². The first-order chi connectivity index (χ1) is 15.1. The second-order valence-corrected chi connectivity index (χ2v) is 8.44. The normalized spacial score (nSPS) is 13.3. The number of benzene rings is 2. The van der Waals surface area contributed by atoms with E-state index in [9.17, 15) is 4.21 Å². The maximum atomic E-state index is 12.8. The Balaban J connectivity index is 1.48. The van der Waals surface area contributed by atoms with Crippen LogP contribution in [0.4, 0.5) is 5.82 Å². The Kier molecular flexibility index (Phi) is 6.31. The van der Waals surface area contributed by atoms with E-state index in [0.717, 1.165) is 35.9 Å². The van der Waals surface area contributed by atoms with Crippen LogP contribution in [-0.2, 0) is 17.2 Å². The van der Waals surface area contributed by atoms with Crippen LogP contribution >= 0.6 is 0 Å². The number of aromatic amines is 1. The molecule has 164 valence electrons. The van der Waals surface area contributed by atoms with Gasteiger partial charge in [0.2, 0.25) is 0 Å². The summed E-state index contributed by atoms with van der Waals surface area (Å²) in [5.41, 5.74) is 1.92. The van der Waals surface area contributed by atoms with E-state index in [1.54, 1.807) is 39.5 Å². The van der Waals surface area contributed by atoms with E-state index in [1.807, 2.05) is 18.2 Å². The first-order valence-corrected chi connectivity index (χ1v) is 11.2. The molecule has 0 radical (unpaired) electrons. The quantitative estimate of drug-likeness (QED) is 0.524. The van der Waals surface area contributed by atoms with Gasteiger partial charge in [-0.05, 0) is 24.3 Å². The van der Waals surface area contributed by atoms with Crippen LogP contribution in [0.1, 0.15) is 5.69 Å². The van der Waals surface area contributed by atoms with Gasteiger partial charge in [0.15, 0.2) is 11.5 Å². The van der Waals surface area contributed by atoms with Crippen molar-refractivity contribution in [3.05, 3.63) is 42.1 Å². The standard InChI is InChI=1S/C22H25N3O5S/c1-27-14-4-6-16(21-24-17-8-9-23-22(17)25-21)19(12-14)30-10-11-31(26)15-5-7-18(28-2)20(13-15)29-3/h4-7,12-13,23H,8-11H2,1-3H3,(H,24,25). The summed E-state index contributed by atoms with van der Waals surface area (Å²) in [7, 11) is 3.47. The molecule has 2 N–H and O–H groups in total. The third kappa shape index (κ3) is 4.46. The number of methoxy groups -OCH3 is 3. The number of aromatic nitrogens is 2. The minimum absolute atomic E-state index is 0.264. The zero-order valence-corrected chi connectivity index (χ0v) is 18.5. The summed E-state index contributed by atoms with van der Waals surface area (Å²) in [6, 6.07) is 10.8. The van der Waals surface area contributed by atoms with Crippen molar-refractivity contribution in [3.63, 3.8) is 0 Å². The SMILES string of the molecule is COc1ccc(-c2nc3c([nH]2)CCN3)c(OCCS(=O)c2ccc(OC)c(OC)c2)c1. The molecule has 1 aromatic heterocycles. The van der Waals surface area contributed by atoms with Crippen LogP contribution < -0.4 is 24.3 Å². The average Bonchev–Trinajstić information content (AvgIpc) is 3.40. The van der Waals surface area contributed by atoms with Crippen molar-refractivity contribution in [2.75, 3.05) is 45.6 Å². The Labute approximate surface area is 183 Å².